The predicted molar refractivity (Wildman–Crippen MR) is 136 cm³/mol. The number of aromatic nitrogens is 2. The molecule has 0 bridgehead atoms. The van der Waals surface area contributed by atoms with Gasteiger partial charge in [0.05, 0.1) is 6.54 Å². The third kappa shape index (κ3) is 5.73. The third-order valence-corrected chi connectivity index (χ3v) is 6.10. The van der Waals surface area contributed by atoms with E-state index in [1.54, 1.807) is 18.3 Å². The van der Waals surface area contributed by atoms with Crippen molar-refractivity contribution in [3.8, 4) is 5.75 Å². The summed E-state index contributed by atoms with van der Waals surface area (Å²) < 4.78 is 2.14. The lowest BCUT2D eigenvalue weighted by molar-refractivity contribution is -0.109. The van der Waals surface area contributed by atoms with Crippen molar-refractivity contribution in [1.29, 1.82) is 0 Å². The van der Waals surface area contributed by atoms with Crippen molar-refractivity contribution in [3.05, 3.63) is 77.8 Å². The minimum atomic E-state index is 0.257. The maximum Gasteiger partial charge on any atom is 0.207 e. The molecular formula is C27H31N5O2. The highest BCUT2D eigenvalue weighted by Crippen LogP contribution is 2.28. The van der Waals surface area contributed by atoms with Crippen LogP contribution in [0.5, 0.6) is 5.75 Å². The zero-order valence-corrected chi connectivity index (χ0v) is 19.3. The molecule has 2 aromatic heterocycles. The molecule has 3 aromatic rings. The Bertz CT molecular complexity index is 1220. The van der Waals surface area contributed by atoms with Crippen molar-refractivity contribution < 1.29 is 9.90 Å². The predicted octanol–water partition coefficient (Wildman–Crippen LogP) is 4.32. The number of carbonyl (C=O) groups excluding carboxylic acids is 1. The van der Waals surface area contributed by atoms with E-state index in [2.05, 4.69) is 34.3 Å². The number of benzene rings is 1. The first kappa shape index (κ1) is 23.3. The number of nitrogens with one attached hydrogen (secondary N) is 1. The fourth-order valence-corrected chi connectivity index (χ4v) is 4.25. The van der Waals surface area contributed by atoms with E-state index < -0.39 is 0 Å². The lowest BCUT2D eigenvalue weighted by atomic mass is 9.97. The molecule has 1 aliphatic carbocycles. The Hall–Kier alpha value is -3.87. The number of amides is 1. The smallest absolute Gasteiger partial charge is 0.207 e. The van der Waals surface area contributed by atoms with Gasteiger partial charge in [0.1, 0.15) is 11.4 Å². The molecule has 0 fully saturated rings. The quantitative estimate of drug-likeness (QED) is 0.311. The van der Waals surface area contributed by atoms with E-state index in [1.807, 2.05) is 18.3 Å². The van der Waals surface area contributed by atoms with Gasteiger partial charge in [-0.3, -0.25) is 9.79 Å². The number of aryl methyl sites for hydroxylation is 1. The first-order valence-electron chi connectivity index (χ1n) is 11.8. The van der Waals surface area contributed by atoms with Crippen molar-refractivity contribution in [3.63, 3.8) is 0 Å². The van der Waals surface area contributed by atoms with Crippen LogP contribution in [0, 0.1) is 0 Å². The summed E-state index contributed by atoms with van der Waals surface area (Å²) in [4.78, 5) is 19.8. The van der Waals surface area contributed by atoms with Crippen molar-refractivity contribution >= 4 is 28.9 Å². The largest absolute Gasteiger partial charge is 0.508 e. The molecule has 7 heteroatoms. The normalized spacial score (nSPS) is 16.2. The number of fused-ring (bicyclic) bond motifs is 1. The van der Waals surface area contributed by atoms with Crippen molar-refractivity contribution in [2.75, 3.05) is 6.54 Å². The van der Waals surface area contributed by atoms with Crippen molar-refractivity contribution in [2.45, 2.75) is 45.1 Å². The number of pyridine rings is 1. The topological polar surface area (TPSA) is 106 Å². The van der Waals surface area contributed by atoms with Gasteiger partial charge in [-0.25, -0.2) is 4.98 Å². The van der Waals surface area contributed by atoms with Crippen LogP contribution in [-0.2, 0) is 17.8 Å². The number of phenolic OH excluding ortho intramolecular Hbond substituents is 1. The molecule has 176 valence electrons. The number of hydrogen-bond acceptors (Lipinski definition) is 5. The second-order valence-corrected chi connectivity index (χ2v) is 8.51. The molecule has 2 heterocycles. The van der Waals surface area contributed by atoms with Crippen LogP contribution in [0.2, 0.25) is 0 Å². The summed E-state index contributed by atoms with van der Waals surface area (Å²) in [5.41, 5.74) is 12.3. The number of allylic oxidation sites excluding steroid dienone is 3. The molecule has 7 nitrogen and oxygen atoms in total. The fraction of sp³-hybridized carbons (Fsp3) is 0.296. The van der Waals surface area contributed by atoms with Gasteiger partial charge in [-0.05, 0) is 73.6 Å². The molecular weight excluding hydrogens is 426 g/mol. The summed E-state index contributed by atoms with van der Waals surface area (Å²) in [7, 11) is 0. The molecule has 0 unspecified atom stereocenters. The number of hydrogen-bond donors (Lipinski definition) is 3. The van der Waals surface area contributed by atoms with E-state index in [1.165, 1.54) is 5.56 Å². The van der Waals surface area contributed by atoms with Crippen LogP contribution in [0.1, 0.15) is 43.2 Å². The second kappa shape index (κ2) is 11.3. The molecule has 4 rings (SSSR count). The van der Waals surface area contributed by atoms with E-state index in [4.69, 9.17) is 15.7 Å². The van der Waals surface area contributed by atoms with Crippen LogP contribution in [-0.4, -0.2) is 33.3 Å². The number of carbonyl (C=O) groups is 1. The van der Waals surface area contributed by atoms with Crippen LogP contribution in [0.25, 0.3) is 16.7 Å². The standard InChI is InChI=1S/C27H31N5O2/c28-16-23-15-24(7-10-26(23)30-17-20-5-8-25(34)9-6-20)32-13-11-22-14-21(18-31-27(22)32)4-2-1-3-12-29-19-33/h5-6,8-9,11,13-16,18-19,34H,1-4,7,10,12,17,28H2,(H,29,33)/b23-16-,30-26?. The molecule has 0 aliphatic heterocycles. The summed E-state index contributed by atoms with van der Waals surface area (Å²) >= 11 is 0. The van der Waals surface area contributed by atoms with Gasteiger partial charge in [-0.15, -0.1) is 0 Å². The minimum absolute atomic E-state index is 0.257. The Morgan fingerprint density at radius 3 is 2.76 bits per heavy atom. The highest BCUT2D eigenvalue weighted by atomic mass is 16.3. The number of nitrogens with two attached hydrogens (primary N) is 1. The first-order chi connectivity index (χ1) is 16.7. The van der Waals surface area contributed by atoms with E-state index >= 15 is 0 Å². The molecule has 0 saturated carbocycles. The lowest BCUT2D eigenvalue weighted by Crippen LogP contribution is -2.13. The summed E-state index contributed by atoms with van der Waals surface area (Å²) in [5, 5.41) is 13.3. The number of aliphatic imine (C=N–C) groups is 1. The number of nitrogens with zero attached hydrogens (tertiary/aromatic N) is 3. The third-order valence-electron chi connectivity index (χ3n) is 6.10. The first-order valence-corrected chi connectivity index (χ1v) is 11.8. The van der Waals surface area contributed by atoms with Gasteiger partial charge >= 0.3 is 0 Å². The average Bonchev–Trinajstić information content (AvgIpc) is 3.29. The van der Waals surface area contributed by atoms with Crippen LogP contribution < -0.4 is 11.1 Å². The van der Waals surface area contributed by atoms with Gasteiger partial charge < -0.3 is 20.7 Å². The molecule has 0 spiro atoms. The van der Waals surface area contributed by atoms with Crippen LogP contribution in [0.15, 0.2) is 71.6 Å². The Balaban J connectivity index is 1.43. The Kier molecular flexibility index (Phi) is 7.75. The van der Waals surface area contributed by atoms with Crippen LogP contribution in [0.3, 0.4) is 0 Å². The molecule has 4 N–H and O–H groups in total. The minimum Gasteiger partial charge on any atom is -0.508 e. The number of rotatable bonds is 10. The molecule has 1 aliphatic rings. The molecule has 34 heavy (non-hydrogen) atoms. The molecule has 0 saturated heterocycles. The van der Waals surface area contributed by atoms with Gasteiger partial charge in [-0.2, -0.15) is 0 Å². The highest BCUT2D eigenvalue weighted by Gasteiger charge is 2.17. The summed E-state index contributed by atoms with van der Waals surface area (Å²) in [6.07, 6.45) is 14.3. The lowest BCUT2D eigenvalue weighted by Gasteiger charge is -2.19. The van der Waals surface area contributed by atoms with E-state index in [9.17, 15) is 9.90 Å². The highest BCUT2D eigenvalue weighted by molar-refractivity contribution is 6.05. The monoisotopic (exact) mass is 457 g/mol. The van der Waals surface area contributed by atoms with E-state index in [0.717, 1.165) is 85.1 Å². The van der Waals surface area contributed by atoms with Crippen molar-refractivity contribution in [1.82, 2.24) is 14.9 Å². The Morgan fingerprint density at radius 2 is 1.97 bits per heavy atom. The Labute approximate surface area is 199 Å². The van der Waals surface area contributed by atoms with E-state index in [-0.39, 0.29) is 5.75 Å². The maximum absolute atomic E-state index is 10.3. The molecule has 1 amide bonds. The zero-order chi connectivity index (χ0) is 23.8. The number of phenols is 1. The van der Waals surface area contributed by atoms with Crippen LogP contribution >= 0.6 is 0 Å². The fourth-order valence-electron chi connectivity index (χ4n) is 4.25. The maximum atomic E-state index is 10.3. The number of aromatic hydroxyl groups is 1. The van der Waals surface area contributed by atoms with E-state index in [0.29, 0.717) is 6.54 Å². The van der Waals surface area contributed by atoms with Crippen molar-refractivity contribution in [2.24, 2.45) is 10.7 Å². The molecule has 0 atom stereocenters. The molecule has 1 aromatic carbocycles. The van der Waals surface area contributed by atoms with Crippen LogP contribution in [0.4, 0.5) is 0 Å². The van der Waals surface area contributed by atoms with Gasteiger partial charge in [0.15, 0.2) is 0 Å². The Morgan fingerprint density at radius 1 is 1.12 bits per heavy atom. The average molecular weight is 458 g/mol. The van der Waals surface area contributed by atoms with Gasteiger partial charge in [0.2, 0.25) is 6.41 Å². The molecule has 0 radical (unpaired) electrons. The van der Waals surface area contributed by atoms with Gasteiger partial charge in [0.25, 0.3) is 0 Å². The summed E-state index contributed by atoms with van der Waals surface area (Å²) in [6.45, 7) is 1.29. The number of unbranched alkanes of at least 4 members (excludes halogenated alkanes) is 2. The van der Waals surface area contributed by atoms with Gasteiger partial charge in [-0.1, -0.05) is 18.6 Å². The second-order valence-electron chi connectivity index (χ2n) is 8.51. The summed E-state index contributed by atoms with van der Waals surface area (Å²) in [5.74, 6) is 0.257. The summed E-state index contributed by atoms with van der Waals surface area (Å²) in [6, 6.07) is 11.4. The zero-order valence-electron chi connectivity index (χ0n) is 19.3. The SMILES string of the molecule is N/C=C1/C=C(n2ccc3cc(CCCCCNC=O)cnc32)CCC1=NCc1ccc(O)cc1. The van der Waals surface area contributed by atoms with Gasteiger partial charge in [0, 0.05) is 47.5 Å².